The highest BCUT2D eigenvalue weighted by Crippen LogP contribution is 2.17. The van der Waals surface area contributed by atoms with Crippen LogP contribution in [0.3, 0.4) is 0 Å². The van der Waals surface area contributed by atoms with Gasteiger partial charge in [-0.25, -0.2) is 19.9 Å². The van der Waals surface area contributed by atoms with Gasteiger partial charge in [-0.05, 0) is 30.7 Å². The van der Waals surface area contributed by atoms with Crippen LogP contribution in [0.4, 0.5) is 5.95 Å². The normalized spacial score (nSPS) is 14.6. The lowest BCUT2D eigenvalue weighted by molar-refractivity contribution is 0.0766. The molecular weight excluding hydrogens is 392 g/mol. The summed E-state index contributed by atoms with van der Waals surface area (Å²) >= 11 is 0. The van der Waals surface area contributed by atoms with Gasteiger partial charge in [0.15, 0.2) is 5.65 Å². The zero-order chi connectivity index (χ0) is 21.0. The largest absolute Gasteiger partial charge is 0.339 e. The molecule has 1 fully saturated rings. The molecule has 0 atom stereocenters. The zero-order valence-electron chi connectivity index (χ0n) is 17.0. The molecule has 9 heteroatoms. The van der Waals surface area contributed by atoms with E-state index in [0.717, 1.165) is 24.3 Å². The first-order valence-electron chi connectivity index (χ1n) is 10.3. The van der Waals surface area contributed by atoms with Crippen LogP contribution >= 0.6 is 0 Å². The molecule has 0 N–H and O–H groups in total. The Kier molecular flexibility index (Phi) is 5.22. The van der Waals surface area contributed by atoms with Crippen molar-refractivity contribution < 1.29 is 4.79 Å². The second kappa shape index (κ2) is 8.47. The first kappa shape index (κ1) is 19.1. The van der Waals surface area contributed by atoms with Crippen LogP contribution < -0.4 is 4.90 Å². The van der Waals surface area contributed by atoms with E-state index in [-0.39, 0.29) is 5.91 Å². The summed E-state index contributed by atoms with van der Waals surface area (Å²) in [6.07, 6.45) is 9.49. The first-order chi connectivity index (χ1) is 15.3. The van der Waals surface area contributed by atoms with E-state index in [0.29, 0.717) is 43.2 Å². The lowest BCUT2D eigenvalue weighted by Crippen LogP contribution is -2.35. The van der Waals surface area contributed by atoms with E-state index in [1.165, 1.54) is 0 Å². The average Bonchev–Trinajstić information content (AvgIpc) is 3.05. The minimum absolute atomic E-state index is 0.0236. The third kappa shape index (κ3) is 4.07. The van der Waals surface area contributed by atoms with Gasteiger partial charge in [0.2, 0.25) is 5.95 Å². The molecule has 0 saturated carbocycles. The van der Waals surface area contributed by atoms with E-state index in [2.05, 4.69) is 29.8 Å². The van der Waals surface area contributed by atoms with Gasteiger partial charge in [0, 0.05) is 51.0 Å². The summed E-state index contributed by atoms with van der Waals surface area (Å²) in [7, 11) is 0. The van der Waals surface area contributed by atoms with Gasteiger partial charge in [0.1, 0.15) is 5.52 Å². The van der Waals surface area contributed by atoms with Crippen LogP contribution in [0.5, 0.6) is 0 Å². The summed E-state index contributed by atoms with van der Waals surface area (Å²) in [4.78, 5) is 39.1. The van der Waals surface area contributed by atoms with Crippen molar-refractivity contribution in [1.29, 1.82) is 0 Å². The highest BCUT2D eigenvalue weighted by molar-refractivity contribution is 5.96. The van der Waals surface area contributed by atoms with Crippen molar-refractivity contribution >= 4 is 23.0 Å². The third-order valence-corrected chi connectivity index (χ3v) is 5.38. The monoisotopic (exact) mass is 414 g/mol. The predicted molar refractivity (Wildman–Crippen MR) is 116 cm³/mol. The highest BCUT2D eigenvalue weighted by atomic mass is 16.2. The molecule has 0 radical (unpaired) electrons. The van der Waals surface area contributed by atoms with Gasteiger partial charge in [0.25, 0.3) is 5.91 Å². The van der Waals surface area contributed by atoms with Gasteiger partial charge in [-0.1, -0.05) is 6.07 Å². The summed E-state index contributed by atoms with van der Waals surface area (Å²) in [5.41, 5.74) is 2.93. The Morgan fingerprint density at radius 2 is 1.77 bits per heavy atom. The summed E-state index contributed by atoms with van der Waals surface area (Å²) in [6, 6.07) is 9.44. The van der Waals surface area contributed by atoms with Gasteiger partial charge in [0.05, 0.1) is 24.1 Å². The van der Waals surface area contributed by atoms with Crippen LogP contribution in [0.2, 0.25) is 0 Å². The van der Waals surface area contributed by atoms with E-state index < -0.39 is 0 Å². The highest BCUT2D eigenvalue weighted by Gasteiger charge is 2.22. The molecule has 31 heavy (non-hydrogen) atoms. The standard InChI is InChI=1S/C22H22N8O/c31-21(28-9-4-10-29(12-11-28)22-24-7-3-8-25-22)17-13-19-20(26-14-17)30(16-27-19)15-18-5-1-2-6-23-18/h1-3,5-8,13-14,16H,4,9-12,15H2. The number of carbonyl (C=O) groups is 1. The lowest BCUT2D eigenvalue weighted by atomic mass is 10.2. The first-order valence-corrected chi connectivity index (χ1v) is 10.3. The minimum atomic E-state index is -0.0236. The number of hydrogen-bond acceptors (Lipinski definition) is 7. The van der Waals surface area contributed by atoms with Gasteiger partial charge in [-0.15, -0.1) is 0 Å². The fraction of sp³-hybridized carbons (Fsp3) is 0.273. The number of carbonyl (C=O) groups excluding carboxylic acids is 1. The SMILES string of the molecule is O=C(c1cnc2c(c1)ncn2Cc1ccccn1)N1CCCN(c2ncccn2)CC1. The molecule has 4 aromatic heterocycles. The van der Waals surface area contributed by atoms with Gasteiger partial charge >= 0.3 is 0 Å². The second-order valence-electron chi connectivity index (χ2n) is 7.44. The molecular formula is C22H22N8O. The minimum Gasteiger partial charge on any atom is -0.339 e. The molecule has 0 spiro atoms. The van der Waals surface area contributed by atoms with Gasteiger partial charge in [-0.3, -0.25) is 9.78 Å². The van der Waals surface area contributed by atoms with Gasteiger partial charge < -0.3 is 14.4 Å². The van der Waals surface area contributed by atoms with Crippen molar-refractivity contribution in [2.45, 2.75) is 13.0 Å². The summed E-state index contributed by atoms with van der Waals surface area (Å²) in [5.74, 6) is 0.683. The van der Waals surface area contributed by atoms with Crippen molar-refractivity contribution in [2.24, 2.45) is 0 Å². The average molecular weight is 414 g/mol. The predicted octanol–water partition coefficient (Wildman–Crippen LogP) is 2.02. The Balaban J connectivity index is 1.30. The topological polar surface area (TPSA) is 92.9 Å². The molecule has 1 aliphatic rings. The Morgan fingerprint density at radius 3 is 2.61 bits per heavy atom. The maximum atomic E-state index is 13.1. The molecule has 1 saturated heterocycles. The van der Waals surface area contributed by atoms with Crippen LogP contribution in [0, 0.1) is 0 Å². The summed E-state index contributed by atoms with van der Waals surface area (Å²) in [5, 5.41) is 0. The van der Waals surface area contributed by atoms with E-state index in [9.17, 15) is 4.79 Å². The second-order valence-corrected chi connectivity index (χ2v) is 7.44. The maximum absolute atomic E-state index is 13.1. The third-order valence-electron chi connectivity index (χ3n) is 5.38. The van der Waals surface area contributed by atoms with E-state index >= 15 is 0 Å². The van der Waals surface area contributed by atoms with Gasteiger partial charge in [-0.2, -0.15) is 0 Å². The number of aromatic nitrogens is 6. The fourth-order valence-electron chi connectivity index (χ4n) is 3.81. The van der Waals surface area contributed by atoms with E-state index in [1.54, 1.807) is 37.2 Å². The molecule has 0 aliphatic carbocycles. The quantitative estimate of drug-likeness (QED) is 0.504. The Labute approximate surface area is 179 Å². The van der Waals surface area contributed by atoms with Crippen LogP contribution in [-0.2, 0) is 6.54 Å². The molecule has 0 aromatic carbocycles. The van der Waals surface area contributed by atoms with Crippen molar-refractivity contribution in [3.63, 3.8) is 0 Å². The van der Waals surface area contributed by atoms with E-state index in [4.69, 9.17) is 0 Å². The van der Waals surface area contributed by atoms with Crippen LogP contribution in [0.1, 0.15) is 22.5 Å². The molecule has 4 aromatic rings. The zero-order valence-corrected chi connectivity index (χ0v) is 17.0. The molecule has 5 heterocycles. The Bertz CT molecular complexity index is 1180. The van der Waals surface area contributed by atoms with E-state index in [1.807, 2.05) is 33.7 Å². The number of nitrogens with zero attached hydrogens (tertiary/aromatic N) is 8. The van der Waals surface area contributed by atoms with Crippen LogP contribution in [0.15, 0.2) is 61.4 Å². The molecule has 156 valence electrons. The summed E-state index contributed by atoms with van der Waals surface area (Å²) < 4.78 is 1.94. The number of pyridine rings is 2. The van der Waals surface area contributed by atoms with Crippen molar-refractivity contribution in [1.82, 2.24) is 34.4 Å². The molecule has 0 bridgehead atoms. The van der Waals surface area contributed by atoms with Crippen molar-refractivity contribution in [3.8, 4) is 0 Å². The lowest BCUT2D eigenvalue weighted by Gasteiger charge is -2.22. The number of hydrogen-bond donors (Lipinski definition) is 0. The number of imidazole rings is 1. The number of anilines is 1. The molecule has 9 nitrogen and oxygen atoms in total. The van der Waals surface area contributed by atoms with Crippen molar-refractivity contribution in [2.75, 3.05) is 31.1 Å². The molecule has 1 amide bonds. The Morgan fingerprint density at radius 1 is 0.903 bits per heavy atom. The van der Waals surface area contributed by atoms with Crippen LogP contribution in [0.25, 0.3) is 11.2 Å². The smallest absolute Gasteiger partial charge is 0.255 e. The Hall–Kier alpha value is -3.88. The number of rotatable bonds is 4. The molecule has 5 rings (SSSR count). The maximum Gasteiger partial charge on any atom is 0.255 e. The van der Waals surface area contributed by atoms with Crippen LogP contribution in [-0.4, -0.2) is 66.5 Å². The molecule has 0 unspecified atom stereocenters. The summed E-state index contributed by atoms with van der Waals surface area (Å²) in [6.45, 7) is 3.41. The molecule has 1 aliphatic heterocycles. The number of amides is 1. The fourth-order valence-corrected chi connectivity index (χ4v) is 3.81. The number of fused-ring (bicyclic) bond motifs is 1. The van der Waals surface area contributed by atoms with Crippen molar-refractivity contribution in [3.05, 3.63) is 72.7 Å².